The van der Waals surface area contributed by atoms with Gasteiger partial charge in [0.05, 0.1) is 6.61 Å². The van der Waals surface area contributed by atoms with Crippen LogP contribution in [0.4, 0.5) is 0 Å². The highest BCUT2D eigenvalue weighted by atomic mass is 16.3. The van der Waals surface area contributed by atoms with Gasteiger partial charge in [0, 0.05) is 24.7 Å². The van der Waals surface area contributed by atoms with Gasteiger partial charge in [0.2, 0.25) is 0 Å². The molecular weight excluding hydrogens is 240 g/mol. The number of hydrogen-bond acceptors (Lipinski definition) is 3. The van der Waals surface area contributed by atoms with Crippen LogP contribution >= 0.6 is 0 Å². The summed E-state index contributed by atoms with van der Waals surface area (Å²) in [6.45, 7) is 2.95. The second-order valence-corrected chi connectivity index (χ2v) is 4.40. The first-order chi connectivity index (χ1) is 9.27. The van der Waals surface area contributed by atoms with Crippen LogP contribution in [0, 0.1) is 0 Å². The minimum Gasteiger partial charge on any atom is -0.395 e. The van der Waals surface area contributed by atoms with Crippen molar-refractivity contribution < 1.29 is 9.90 Å². The number of aliphatic hydroxyl groups is 1. The molecule has 100 valence electrons. The highest BCUT2D eigenvalue weighted by Crippen LogP contribution is 2.17. The van der Waals surface area contributed by atoms with E-state index in [0.717, 1.165) is 17.2 Å². The fourth-order valence-electron chi connectivity index (χ4n) is 2.15. The van der Waals surface area contributed by atoms with Crippen LogP contribution in [0.3, 0.4) is 0 Å². The van der Waals surface area contributed by atoms with Crippen molar-refractivity contribution in [3.8, 4) is 0 Å². The molecule has 4 heteroatoms. The Hall–Kier alpha value is -1.94. The SMILES string of the molecule is CCCN(CCO)C(=O)c1nccc2ccccc12. The number of fused-ring (bicyclic) bond motifs is 1. The molecule has 0 aliphatic carbocycles. The van der Waals surface area contributed by atoms with Crippen LogP contribution in [0.5, 0.6) is 0 Å². The highest BCUT2D eigenvalue weighted by Gasteiger charge is 2.18. The Morgan fingerprint density at radius 1 is 1.26 bits per heavy atom. The fraction of sp³-hybridized carbons (Fsp3) is 0.333. The van der Waals surface area contributed by atoms with Gasteiger partial charge in [0.1, 0.15) is 5.69 Å². The molecule has 0 aliphatic heterocycles. The molecule has 2 rings (SSSR count). The van der Waals surface area contributed by atoms with Gasteiger partial charge in [-0.3, -0.25) is 9.78 Å². The molecular formula is C15H18N2O2. The van der Waals surface area contributed by atoms with Crippen LogP contribution in [-0.4, -0.2) is 40.6 Å². The van der Waals surface area contributed by atoms with E-state index in [2.05, 4.69) is 4.98 Å². The minimum absolute atomic E-state index is 0.0312. The van der Waals surface area contributed by atoms with Crippen molar-refractivity contribution in [1.29, 1.82) is 0 Å². The summed E-state index contributed by atoms with van der Waals surface area (Å²) >= 11 is 0. The zero-order valence-electron chi connectivity index (χ0n) is 11.0. The third-order valence-electron chi connectivity index (χ3n) is 3.03. The van der Waals surface area contributed by atoms with E-state index >= 15 is 0 Å². The van der Waals surface area contributed by atoms with Crippen molar-refractivity contribution in [2.24, 2.45) is 0 Å². The number of hydrogen-bond donors (Lipinski definition) is 1. The van der Waals surface area contributed by atoms with Gasteiger partial charge in [-0.25, -0.2) is 0 Å². The molecule has 0 unspecified atom stereocenters. The molecule has 0 radical (unpaired) electrons. The van der Waals surface area contributed by atoms with Crippen molar-refractivity contribution in [1.82, 2.24) is 9.88 Å². The van der Waals surface area contributed by atoms with Crippen molar-refractivity contribution in [2.45, 2.75) is 13.3 Å². The molecule has 1 N–H and O–H groups in total. The maximum atomic E-state index is 12.5. The Morgan fingerprint density at radius 3 is 2.79 bits per heavy atom. The van der Waals surface area contributed by atoms with Crippen molar-refractivity contribution >= 4 is 16.7 Å². The first-order valence-electron chi connectivity index (χ1n) is 6.51. The standard InChI is InChI=1S/C15H18N2O2/c1-2-9-17(10-11-18)15(19)14-13-6-4-3-5-12(13)7-8-16-14/h3-8,18H,2,9-11H2,1H3. The molecule has 0 aliphatic rings. The van der Waals surface area contributed by atoms with Gasteiger partial charge >= 0.3 is 0 Å². The topological polar surface area (TPSA) is 53.4 Å². The molecule has 1 heterocycles. The van der Waals surface area contributed by atoms with Gasteiger partial charge in [0.15, 0.2) is 0 Å². The third kappa shape index (κ3) is 2.90. The Morgan fingerprint density at radius 2 is 2.05 bits per heavy atom. The summed E-state index contributed by atoms with van der Waals surface area (Å²) in [5, 5.41) is 10.9. The van der Waals surface area contributed by atoms with E-state index in [1.54, 1.807) is 11.1 Å². The number of amides is 1. The van der Waals surface area contributed by atoms with Crippen LogP contribution in [0.1, 0.15) is 23.8 Å². The molecule has 4 nitrogen and oxygen atoms in total. The van der Waals surface area contributed by atoms with Gasteiger partial charge in [0.25, 0.3) is 5.91 Å². The van der Waals surface area contributed by atoms with Crippen molar-refractivity contribution in [2.75, 3.05) is 19.7 Å². The Labute approximate surface area is 112 Å². The highest BCUT2D eigenvalue weighted by molar-refractivity contribution is 6.05. The van der Waals surface area contributed by atoms with Crippen molar-refractivity contribution in [3.63, 3.8) is 0 Å². The molecule has 0 spiro atoms. The number of aromatic nitrogens is 1. The van der Waals surface area contributed by atoms with Crippen LogP contribution in [0.2, 0.25) is 0 Å². The molecule has 0 saturated heterocycles. The average molecular weight is 258 g/mol. The Bertz CT molecular complexity index is 558. The number of pyridine rings is 1. The van der Waals surface area contributed by atoms with E-state index in [-0.39, 0.29) is 12.5 Å². The molecule has 2 aromatic rings. The largest absolute Gasteiger partial charge is 0.395 e. The average Bonchev–Trinajstić information content (AvgIpc) is 2.46. The fourth-order valence-corrected chi connectivity index (χ4v) is 2.15. The second-order valence-electron chi connectivity index (χ2n) is 4.40. The predicted molar refractivity (Wildman–Crippen MR) is 75.0 cm³/mol. The molecule has 19 heavy (non-hydrogen) atoms. The van der Waals surface area contributed by atoms with E-state index in [9.17, 15) is 4.79 Å². The van der Waals surface area contributed by atoms with Crippen LogP contribution in [0.15, 0.2) is 36.5 Å². The lowest BCUT2D eigenvalue weighted by atomic mass is 10.1. The molecule has 1 aromatic carbocycles. The van der Waals surface area contributed by atoms with Gasteiger partial charge in [-0.1, -0.05) is 31.2 Å². The normalized spacial score (nSPS) is 10.6. The lowest BCUT2D eigenvalue weighted by Crippen LogP contribution is -2.34. The van der Waals surface area contributed by atoms with E-state index in [1.165, 1.54) is 0 Å². The van der Waals surface area contributed by atoms with E-state index in [4.69, 9.17) is 5.11 Å². The van der Waals surface area contributed by atoms with E-state index < -0.39 is 0 Å². The van der Waals surface area contributed by atoms with Crippen molar-refractivity contribution in [3.05, 3.63) is 42.2 Å². The maximum Gasteiger partial charge on any atom is 0.273 e. The number of carbonyl (C=O) groups is 1. The van der Waals surface area contributed by atoms with E-state index in [1.807, 2.05) is 37.3 Å². The first kappa shape index (κ1) is 13.5. The van der Waals surface area contributed by atoms with Gasteiger partial charge in [-0.05, 0) is 17.9 Å². The quantitative estimate of drug-likeness (QED) is 0.893. The number of nitrogens with zero attached hydrogens (tertiary/aromatic N) is 2. The smallest absolute Gasteiger partial charge is 0.273 e. The number of carbonyl (C=O) groups excluding carboxylic acids is 1. The first-order valence-corrected chi connectivity index (χ1v) is 6.51. The molecule has 0 atom stereocenters. The van der Waals surface area contributed by atoms with E-state index in [0.29, 0.717) is 18.8 Å². The summed E-state index contributed by atoms with van der Waals surface area (Å²) in [6, 6.07) is 9.59. The summed E-state index contributed by atoms with van der Waals surface area (Å²) in [4.78, 5) is 18.4. The summed E-state index contributed by atoms with van der Waals surface area (Å²) in [6.07, 6.45) is 2.51. The third-order valence-corrected chi connectivity index (χ3v) is 3.03. The Kier molecular flexibility index (Phi) is 4.47. The minimum atomic E-state index is -0.118. The van der Waals surface area contributed by atoms with Crippen LogP contribution < -0.4 is 0 Å². The predicted octanol–water partition coefficient (Wildman–Crippen LogP) is 2.08. The molecule has 0 saturated carbocycles. The zero-order chi connectivity index (χ0) is 13.7. The summed E-state index contributed by atoms with van der Waals surface area (Å²) < 4.78 is 0. The zero-order valence-corrected chi connectivity index (χ0v) is 11.0. The van der Waals surface area contributed by atoms with Gasteiger partial charge < -0.3 is 10.0 Å². The molecule has 0 bridgehead atoms. The van der Waals surface area contributed by atoms with Gasteiger partial charge in [-0.2, -0.15) is 0 Å². The lowest BCUT2D eigenvalue weighted by molar-refractivity contribution is 0.0718. The summed E-state index contributed by atoms with van der Waals surface area (Å²) in [7, 11) is 0. The van der Waals surface area contributed by atoms with Crippen LogP contribution in [0.25, 0.3) is 10.8 Å². The van der Waals surface area contributed by atoms with Crippen LogP contribution in [-0.2, 0) is 0 Å². The second kappa shape index (κ2) is 6.29. The Balaban J connectivity index is 2.39. The molecule has 1 aromatic heterocycles. The number of benzene rings is 1. The lowest BCUT2D eigenvalue weighted by Gasteiger charge is -2.21. The number of rotatable bonds is 5. The monoisotopic (exact) mass is 258 g/mol. The number of aliphatic hydroxyl groups excluding tert-OH is 1. The molecule has 0 fully saturated rings. The maximum absolute atomic E-state index is 12.5. The molecule has 1 amide bonds. The summed E-state index contributed by atoms with van der Waals surface area (Å²) in [5.41, 5.74) is 0.458. The van der Waals surface area contributed by atoms with Gasteiger partial charge in [-0.15, -0.1) is 0 Å². The summed E-state index contributed by atoms with van der Waals surface area (Å²) in [5.74, 6) is -0.118.